The molecule has 0 fully saturated rings. The van der Waals surface area contributed by atoms with Crippen LogP contribution < -0.4 is 0 Å². The number of carbonyl (C=O) groups is 1. The molecule has 0 radical (unpaired) electrons. The van der Waals surface area contributed by atoms with Crippen LogP contribution in [0.2, 0.25) is 36.3 Å². The number of carbonyl (C=O) groups excluding carboxylic acids is 1. The maximum atomic E-state index is 11.3. The van der Waals surface area contributed by atoms with Crippen molar-refractivity contribution >= 4 is 22.7 Å². The topological polar surface area (TPSA) is 26.3 Å². The highest BCUT2D eigenvalue weighted by atomic mass is 28.4. The van der Waals surface area contributed by atoms with E-state index >= 15 is 0 Å². The molecule has 0 aromatic heterocycles. The van der Waals surface area contributed by atoms with E-state index in [-0.39, 0.29) is 17.1 Å². The standard InChI is InChI=1S/C18H36O2Si2/c1-10-22(11-2,12-3)14-13-17(16(4)15-19)20-21(8,9)18(5,6)7/h15-17H,10-12H2,1-9H3/t16-,17-/m1/s1. The molecule has 0 aliphatic carbocycles. The van der Waals surface area contributed by atoms with Gasteiger partial charge in [0, 0.05) is 5.92 Å². The van der Waals surface area contributed by atoms with Gasteiger partial charge in [-0.3, -0.25) is 0 Å². The average molecular weight is 341 g/mol. The summed E-state index contributed by atoms with van der Waals surface area (Å²) in [4.78, 5) is 11.3. The lowest BCUT2D eigenvalue weighted by Crippen LogP contribution is -2.45. The molecular weight excluding hydrogens is 304 g/mol. The van der Waals surface area contributed by atoms with E-state index in [0.717, 1.165) is 6.29 Å². The number of aldehydes is 1. The molecule has 0 aliphatic rings. The van der Waals surface area contributed by atoms with Gasteiger partial charge in [0.1, 0.15) is 20.5 Å². The van der Waals surface area contributed by atoms with Crippen molar-refractivity contribution < 1.29 is 9.22 Å². The molecule has 2 atom stereocenters. The van der Waals surface area contributed by atoms with Crippen LogP contribution in [0.15, 0.2) is 0 Å². The van der Waals surface area contributed by atoms with Crippen molar-refractivity contribution in [1.29, 1.82) is 0 Å². The lowest BCUT2D eigenvalue weighted by atomic mass is 10.1. The second-order valence-electron chi connectivity index (χ2n) is 7.90. The summed E-state index contributed by atoms with van der Waals surface area (Å²) < 4.78 is 6.44. The quantitative estimate of drug-likeness (QED) is 0.359. The first-order chi connectivity index (χ1) is 9.98. The van der Waals surface area contributed by atoms with Crippen LogP contribution in [0.4, 0.5) is 0 Å². The fraction of sp³-hybridized carbons (Fsp3) is 0.833. The number of rotatable bonds is 7. The monoisotopic (exact) mass is 340 g/mol. The second kappa shape index (κ2) is 8.47. The first-order valence-corrected chi connectivity index (χ1v) is 14.2. The Balaban J connectivity index is 5.49. The predicted molar refractivity (Wildman–Crippen MR) is 102 cm³/mol. The third-order valence-corrected chi connectivity index (χ3v) is 14.6. The molecule has 0 bridgehead atoms. The van der Waals surface area contributed by atoms with Crippen LogP contribution in [0, 0.1) is 17.4 Å². The summed E-state index contributed by atoms with van der Waals surface area (Å²) in [5.41, 5.74) is 3.60. The van der Waals surface area contributed by atoms with Crippen molar-refractivity contribution in [3.05, 3.63) is 0 Å². The van der Waals surface area contributed by atoms with Gasteiger partial charge in [-0.1, -0.05) is 54.4 Å². The van der Waals surface area contributed by atoms with Gasteiger partial charge in [-0.15, -0.1) is 5.54 Å². The van der Waals surface area contributed by atoms with Crippen molar-refractivity contribution in [1.82, 2.24) is 0 Å². The smallest absolute Gasteiger partial charge is 0.193 e. The molecule has 0 aliphatic heterocycles. The van der Waals surface area contributed by atoms with Crippen molar-refractivity contribution in [3.63, 3.8) is 0 Å². The molecule has 4 heteroatoms. The Labute approximate surface area is 140 Å². The molecule has 0 rings (SSSR count). The Morgan fingerprint density at radius 3 is 1.86 bits per heavy atom. The molecule has 0 saturated heterocycles. The van der Waals surface area contributed by atoms with Gasteiger partial charge in [0.15, 0.2) is 8.32 Å². The fourth-order valence-corrected chi connectivity index (χ4v) is 5.81. The third kappa shape index (κ3) is 5.68. The van der Waals surface area contributed by atoms with Crippen LogP contribution in [-0.2, 0) is 9.22 Å². The minimum Gasteiger partial charge on any atom is -0.403 e. The average Bonchev–Trinajstić information content (AvgIpc) is 2.45. The van der Waals surface area contributed by atoms with E-state index in [1.165, 1.54) is 18.1 Å². The molecular formula is C18H36O2Si2. The SMILES string of the molecule is CC[Si](C#C[C@@H](O[Si](C)(C)C(C)(C)C)[C@H](C)C=O)(CC)CC. The number of hydrogen-bond donors (Lipinski definition) is 0. The van der Waals surface area contributed by atoms with Crippen molar-refractivity contribution in [2.75, 3.05) is 0 Å². The largest absolute Gasteiger partial charge is 0.403 e. The highest BCUT2D eigenvalue weighted by molar-refractivity contribution is 6.87. The zero-order valence-electron chi connectivity index (χ0n) is 16.2. The van der Waals surface area contributed by atoms with Crippen molar-refractivity contribution in [2.24, 2.45) is 5.92 Å². The molecule has 0 aromatic rings. The number of hydrogen-bond acceptors (Lipinski definition) is 2. The van der Waals surface area contributed by atoms with Crippen LogP contribution in [-0.4, -0.2) is 28.8 Å². The van der Waals surface area contributed by atoms with E-state index in [1.807, 2.05) is 6.92 Å². The maximum Gasteiger partial charge on any atom is 0.193 e. The summed E-state index contributed by atoms with van der Waals surface area (Å²) in [6.07, 6.45) is 0.731. The molecule has 2 nitrogen and oxygen atoms in total. The molecule has 0 heterocycles. The summed E-state index contributed by atoms with van der Waals surface area (Å²) in [6.45, 7) is 19.8. The highest BCUT2D eigenvalue weighted by Crippen LogP contribution is 2.38. The normalized spacial score (nSPS) is 15.7. The molecule has 128 valence electrons. The molecule has 0 spiro atoms. The minimum absolute atomic E-state index is 0.129. The van der Waals surface area contributed by atoms with Gasteiger partial charge >= 0.3 is 0 Å². The van der Waals surface area contributed by atoms with Gasteiger partial charge in [0.05, 0.1) is 0 Å². The highest BCUT2D eigenvalue weighted by Gasteiger charge is 2.40. The predicted octanol–water partition coefficient (Wildman–Crippen LogP) is 5.26. The Morgan fingerprint density at radius 1 is 1.09 bits per heavy atom. The minimum atomic E-state index is -1.92. The summed E-state index contributed by atoms with van der Waals surface area (Å²) in [5, 5.41) is 0.129. The van der Waals surface area contributed by atoms with Crippen LogP contribution in [0.1, 0.15) is 48.5 Å². The van der Waals surface area contributed by atoms with E-state index in [9.17, 15) is 4.79 Å². The first kappa shape index (κ1) is 21.6. The lowest BCUT2D eigenvalue weighted by Gasteiger charge is -2.39. The van der Waals surface area contributed by atoms with Crippen LogP contribution in [0.25, 0.3) is 0 Å². The zero-order valence-corrected chi connectivity index (χ0v) is 18.2. The molecule has 0 unspecified atom stereocenters. The molecule has 22 heavy (non-hydrogen) atoms. The molecule has 0 amide bonds. The van der Waals surface area contributed by atoms with Crippen LogP contribution >= 0.6 is 0 Å². The molecule has 0 N–H and O–H groups in total. The summed E-state index contributed by atoms with van der Waals surface area (Å²) in [5.74, 6) is 3.22. The molecule has 0 saturated carbocycles. The summed E-state index contributed by atoms with van der Waals surface area (Å²) in [7, 11) is -3.42. The van der Waals surface area contributed by atoms with Crippen LogP contribution in [0.3, 0.4) is 0 Å². The Hall–Kier alpha value is -0.376. The fourth-order valence-electron chi connectivity index (χ4n) is 2.07. The summed E-state index contributed by atoms with van der Waals surface area (Å²) in [6, 6.07) is 3.53. The van der Waals surface area contributed by atoms with Gasteiger partial charge in [0.2, 0.25) is 0 Å². The molecule has 0 aromatic carbocycles. The van der Waals surface area contributed by atoms with Gasteiger partial charge in [-0.25, -0.2) is 0 Å². The van der Waals surface area contributed by atoms with E-state index in [2.05, 4.69) is 66.1 Å². The zero-order chi connectivity index (χ0) is 17.6. The van der Waals surface area contributed by atoms with E-state index in [0.29, 0.717) is 0 Å². The van der Waals surface area contributed by atoms with E-state index < -0.39 is 16.4 Å². The van der Waals surface area contributed by atoms with Gasteiger partial charge in [-0.2, -0.15) is 0 Å². The van der Waals surface area contributed by atoms with Crippen LogP contribution in [0.5, 0.6) is 0 Å². The van der Waals surface area contributed by atoms with Crippen molar-refractivity contribution in [2.45, 2.75) is 90.8 Å². The Kier molecular flexibility index (Phi) is 8.32. The first-order valence-electron chi connectivity index (χ1n) is 8.64. The summed E-state index contributed by atoms with van der Waals surface area (Å²) >= 11 is 0. The second-order valence-corrected chi connectivity index (χ2v) is 17.6. The van der Waals surface area contributed by atoms with Gasteiger partial charge in [-0.05, 0) is 36.3 Å². The van der Waals surface area contributed by atoms with Gasteiger partial charge in [0.25, 0.3) is 0 Å². The Bertz CT molecular complexity index is 401. The van der Waals surface area contributed by atoms with Gasteiger partial charge < -0.3 is 9.22 Å². The third-order valence-electron chi connectivity index (χ3n) is 5.43. The Morgan fingerprint density at radius 2 is 1.55 bits per heavy atom. The maximum absolute atomic E-state index is 11.3. The van der Waals surface area contributed by atoms with E-state index in [1.54, 1.807) is 0 Å². The lowest BCUT2D eigenvalue weighted by molar-refractivity contribution is -0.112. The van der Waals surface area contributed by atoms with E-state index in [4.69, 9.17) is 4.43 Å². The van der Waals surface area contributed by atoms with Crippen molar-refractivity contribution in [3.8, 4) is 11.5 Å².